The molecule has 0 amide bonds. The standard InChI is InChI=1S/C22H26N2O3S/c1-6-15(3)24-21(25)17-9-7-8-10-18(17)23-22(24)28-13-16-12-20(27-5)19(26-4)11-14(16)2/h7-12,15H,6,13H2,1-5H3/t15-/m0/s1. The summed E-state index contributed by atoms with van der Waals surface area (Å²) in [5, 5.41) is 1.40. The highest BCUT2D eigenvalue weighted by Crippen LogP contribution is 2.33. The Morgan fingerprint density at radius 1 is 1.14 bits per heavy atom. The molecule has 5 nitrogen and oxygen atoms in total. The number of thioether (sulfide) groups is 1. The van der Waals surface area contributed by atoms with Crippen LogP contribution in [-0.2, 0) is 5.75 Å². The molecule has 3 aromatic rings. The number of hydrogen-bond donors (Lipinski definition) is 0. The molecule has 2 aromatic carbocycles. The van der Waals surface area contributed by atoms with Crippen molar-refractivity contribution in [2.45, 2.75) is 44.1 Å². The summed E-state index contributed by atoms with van der Waals surface area (Å²) in [6.07, 6.45) is 0.864. The lowest BCUT2D eigenvalue weighted by Gasteiger charge is -2.19. The highest BCUT2D eigenvalue weighted by Gasteiger charge is 2.16. The van der Waals surface area contributed by atoms with Crippen molar-refractivity contribution < 1.29 is 9.47 Å². The molecule has 0 N–H and O–H groups in total. The summed E-state index contributed by atoms with van der Waals surface area (Å²) < 4.78 is 12.6. The summed E-state index contributed by atoms with van der Waals surface area (Å²) in [6, 6.07) is 11.6. The average Bonchev–Trinajstić information content (AvgIpc) is 2.72. The van der Waals surface area contributed by atoms with Crippen LogP contribution in [-0.4, -0.2) is 23.8 Å². The average molecular weight is 399 g/mol. The molecule has 0 saturated heterocycles. The summed E-state index contributed by atoms with van der Waals surface area (Å²) in [5.74, 6) is 2.11. The number of para-hydroxylation sites is 1. The first kappa shape index (κ1) is 20.3. The van der Waals surface area contributed by atoms with Gasteiger partial charge in [-0.2, -0.15) is 0 Å². The largest absolute Gasteiger partial charge is 0.493 e. The van der Waals surface area contributed by atoms with Crippen LogP contribution in [0.2, 0.25) is 0 Å². The molecule has 0 radical (unpaired) electrons. The monoisotopic (exact) mass is 398 g/mol. The molecule has 1 aromatic heterocycles. The Kier molecular flexibility index (Phi) is 6.29. The van der Waals surface area contributed by atoms with E-state index in [0.717, 1.165) is 28.2 Å². The molecule has 0 unspecified atom stereocenters. The van der Waals surface area contributed by atoms with E-state index in [2.05, 4.69) is 13.8 Å². The van der Waals surface area contributed by atoms with Gasteiger partial charge in [-0.3, -0.25) is 9.36 Å². The van der Waals surface area contributed by atoms with Gasteiger partial charge in [-0.1, -0.05) is 30.8 Å². The molecule has 6 heteroatoms. The Labute approximate surface area is 169 Å². The first-order valence-electron chi connectivity index (χ1n) is 9.35. The van der Waals surface area contributed by atoms with E-state index in [1.54, 1.807) is 26.0 Å². The highest BCUT2D eigenvalue weighted by molar-refractivity contribution is 7.98. The fourth-order valence-electron chi connectivity index (χ4n) is 3.12. The van der Waals surface area contributed by atoms with Gasteiger partial charge < -0.3 is 9.47 Å². The first-order chi connectivity index (χ1) is 13.5. The molecular formula is C22H26N2O3S. The summed E-state index contributed by atoms with van der Waals surface area (Å²) in [5.41, 5.74) is 2.99. The van der Waals surface area contributed by atoms with Crippen molar-refractivity contribution in [2.75, 3.05) is 14.2 Å². The molecule has 0 bridgehead atoms. The maximum atomic E-state index is 13.1. The van der Waals surface area contributed by atoms with Gasteiger partial charge in [0.1, 0.15) is 0 Å². The van der Waals surface area contributed by atoms with Crippen molar-refractivity contribution >= 4 is 22.7 Å². The topological polar surface area (TPSA) is 53.4 Å². The molecule has 148 valence electrons. The SMILES string of the molecule is CC[C@H](C)n1c(SCc2cc(OC)c(OC)cc2C)nc2ccccc2c1=O. The van der Waals surface area contributed by atoms with Crippen LogP contribution in [0.3, 0.4) is 0 Å². The summed E-state index contributed by atoms with van der Waals surface area (Å²) in [6.45, 7) is 6.19. The summed E-state index contributed by atoms with van der Waals surface area (Å²) in [7, 11) is 3.27. The summed E-state index contributed by atoms with van der Waals surface area (Å²) >= 11 is 1.58. The van der Waals surface area contributed by atoms with E-state index in [4.69, 9.17) is 14.5 Å². The zero-order valence-corrected chi connectivity index (χ0v) is 17.8. The van der Waals surface area contributed by atoms with Crippen molar-refractivity contribution in [3.63, 3.8) is 0 Å². The Morgan fingerprint density at radius 3 is 2.50 bits per heavy atom. The third kappa shape index (κ3) is 3.87. The number of aryl methyl sites for hydroxylation is 1. The Morgan fingerprint density at radius 2 is 1.82 bits per heavy atom. The maximum absolute atomic E-state index is 13.1. The van der Waals surface area contributed by atoms with E-state index in [-0.39, 0.29) is 11.6 Å². The molecule has 0 spiro atoms. The molecule has 3 rings (SSSR count). The predicted molar refractivity (Wildman–Crippen MR) is 115 cm³/mol. The molecule has 0 fully saturated rings. The van der Waals surface area contributed by atoms with E-state index in [1.165, 1.54) is 0 Å². The Bertz CT molecular complexity index is 1050. The van der Waals surface area contributed by atoms with Crippen LogP contribution in [0.4, 0.5) is 0 Å². The predicted octanol–water partition coefficient (Wildman–Crippen LogP) is 4.99. The van der Waals surface area contributed by atoms with Gasteiger partial charge in [-0.15, -0.1) is 0 Å². The van der Waals surface area contributed by atoms with E-state index in [1.807, 2.05) is 47.9 Å². The van der Waals surface area contributed by atoms with Crippen molar-refractivity contribution in [2.24, 2.45) is 0 Å². The van der Waals surface area contributed by atoms with Gasteiger partial charge in [-0.05, 0) is 55.7 Å². The van der Waals surface area contributed by atoms with Crippen LogP contribution < -0.4 is 15.0 Å². The minimum absolute atomic E-state index is 0.0199. The smallest absolute Gasteiger partial charge is 0.262 e. The zero-order chi connectivity index (χ0) is 20.3. The van der Waals surface area contributed by atoms with Crippen LogP contribution in [0.25, 0.3) is 10.9 Å². The first-order valence-corrected chi connectivity index (χ1v) is 10.3. The molecule has 0 saturated carbocycles. The van der Waals surface area contributed by atoms with E-state index >= 15 is 0 Å². The fraction of sp³-hybridized carbons (Fsp3) is 0.364. The van der Waals surface area contributed by atoms with Gasteiger partial charge in [0.15, 0.2) is 16.7 Å². The lowest BCUT2D eigenvalue weighted by molar-refractivity contribution is 0.354. The van der Waals surface area contributed by atoms with Gasteiger partial charge in [0.05, 0.1) is 25.1 Å². The Balaban J connectivity index is 2.02. The van der Waals surface area contributed by atoms with Crippen molar-refractivity contribution in [1.29, 1.82) is 0 Å². The molecule has 1 atom stereocenters. The van der Waals surface area contributed by atoms with E-state index in [9.17, 15) is 4.79 Å². The van der Waals surface area contributed by atoms with Crippen LogP contribution in [0.1, 0.15) is 37.4 Å². The van der Waals surface area contributed by atoms with Gasteiger partial charge >= 0.3 is 0 Å². The van der Waals surface area contributed by atoms with Gasteiger partial charge in [0.25, 0.3) is 5.56 Å². The number of hydrogen-bond acceptors (Lipinski definition) is 5. The van der Waals surface area contributed by atoms with E-state index < -0.39 is 0 Å². The lowest BCUT2D eigenvalue weighted by atomic mass is 10.1. The molecular weight excluding hydrogens is 372 g/mol. The molecule has 0 aliphatic heterocycles. The number of ether oxygens (including phenoxy) is 2. The quantitative estimate of drug-likeness (QED) is 0.415. The minimum atomic E-state index is 0.0199. The molecule has 28 heavy (non-hydrogen) atoms. The molecule has 0 aliphatic carbocycles. The fourth-order valence-corrected chi connectivity index (χ4v) is 4.28. The van der Waals surface area contributed by atoms with Crippen molar-refractivity contribution in [3.8, 4) is 11.5 Å². The number of fused-ring (bicyclic) bond motifs is 1. The van der Waals surface area contributed by atoms with E-state index in [0.29, 0.717) is 22.6 Å². The van der Waals surface area contributed by atoms with Crippen molar-refractivity contribution in [1.82, 2.24) is 9.55 Å². The van der Waals surface area contributed by atoms with Crippen LogP contribution in [0.15, 0.2) is 46.3 Å². The second-order valence-corrected chi connectivity index (χ2v) is 7.71. The van der Waals surface area contributed by atoms with Crippen molar-refractivity contribution in [3.05, 3.63) is 57.9 Å². The minimum Gasteiger partial charge on any atom is -0.493 e. The second kappa shape index (κ2) is 8.69. The van der Waals surface area contributed by atoms with Gasteiger partial charge in [0, 0.05) is 11.8 Å². The Hall–Kier alpha value is -2.47. The van der Waals surface area contributed by atoms with Crippen LogP contribution >= 0.6 is 11.8 Å². The number of rotatable bonds is 7. The molecule has 1 heterocycles. The normalized spacial score (nSPS) is 12.2. The number of methoxy groups -OCH3 is 2. The van der Waals surface area contributed by atoms with Gasteiger partial charge in [-0.25, -0.2) is 4.98 Å². The zero-order valence-electron chi connectivity index (χ0n) is 17.0. The maximum Gasteiger partial charge on any atom is 0.262 e. The third-order valence-corrected chi connectivity index (χ3v) is 6.01. The van der Waals surface area contributed by atoms with Crippen LogP contribution in [0.5, 0.6) is 11.5 Å². The summed E-state index contributed by atoms with van der Waals surface area (Å²) in [4.78, 5) is 17.9. The second-order valence-electron chi connectivity index (χ2n) is 6.77. The van der Waals surface area contributed by atoms with Crippen LogP contribution in [0, 0.1) is 6.92 Å². The molecule has 0 aliphatic rings. The lowest BCUT2D eigenvalue weighted by Crippen LogP contribution is -2.26. The number of aromatic nitrogens is 2. The highest BCUT2D eigenvalue weighted by atomic mass is 32.2. The van der Waals surface area contributed by atoms with Gasteiger partial charge in [0.2, 0.25) is 0 Å². The number of benzene rings is 2. The number of nitrogens with zero attached hydrogens (tertiary/aromatic N) is 2. The third-order valence-electron chi connectivity index (χ3n) is 5.01.